The van der Waals surface area contributed by atoms with E-state index in [0.29, 0.717) is 5.69 Å². The summed E-state index contributed by atoms with van der Waals surface area (Å²) >= 11 is 3.28. The Hall–Kier alpha value is -2.48. The lowest BCUT2D eigenvalue weighted by molar-refractivity contribution is -0.137. The Morgan fingerprint density at radius 2 is 1.06 bits per heavy atom. The van der Waals surface area contributed by atoms with Crippen LogP contribution in [-0.4, -0.2) is 22.1 Å². The molecule has 0 spiro atoms. The highest BCUT2D eigenvalue weighted by atomic mass is 79.9. The first-order chi connectivity index (χ1) is 16.1. The molecule has 3 aromatic rings. The number of methoxy groups -OCH3 is 1. The molecule has 8 heteroatoms. The number of aryl methyl sites for hydroxylation is 3. The summed E-state index contributed by atoms with van der Waals surface area (Å²) in [6.07, 6.45) is 0.0424. The molecule has 0 unspecified atom stereocenters. The summed E-state index contributed by atoms with van der Waals surface area (Å²) in [6.45, 7) is 17.5. The van der Waals surface area contributed by atoms with E-state index >= 15 is 0 Å². The lowest BCUT2D eigenvalue weighted by Crippen LogP contribution is -2.05. The number of alkyl halides is 3. The summed E-state index contributed by atoms with van der Waals surface area (Å²) in [5.74, 6) is 0.806. The van der Waals surface area contributed by atoms with Crippen LogP contribution in [0.3, 0.4) is 0 Å². The van der Waals surface area contributed by atoms with E-state index in [2.05, 4.69) is 30.9 Å². The number of ether oxygens (including phenoxy) is 1. The number of rotatable bonds is 1. The molecule has 0 saturated heterocycles. The van der Waals surface area contributed by atoms with Crippen LogP contribution in [-0.2, 0) is 6.18 Å². The largest absolute Gasteiger partial charge is 0.495 e. The monoisotopic (exact) mass is 545 g/mol. The Morgan fingerprint density at radius 3 is 1.32 bits per heavy atom. The molecule has 3 heterocycles. The molecule has 0 aromatic carbocycles. The van der Waals surface area contributed by atoms with Gasteiger partial charge in [0.2, 0.25) is 0 Å². The molecule has 0 aliphatic rings. The van der Waals surface area contributed by atoms with E-state index in [1.54, 1.807) is 26.4 Å². The van der Waals surface area contributed by atoms with Crippen molar-refractivity contribution in [2.75, 3.05) is 7.11 Å². The topological polar surface area (TPSA) is 47.9 Å². The van der Waals surface area contributed by atoms with Gasteiger partial charge in [-0.05, 0) is 73.1 Å². The standard InChI is InChI=1S/C7H6F3N.C7H9NO.C6H6BrN.3C2H6/c1-5-2-3-6(4-11-5)7(8,9)10;1-6-3-4-7(9-2)5-8-6;1-5-2-3-6(7)4-8-5;3*1-2/h2-4H,1H3;3-5H,1-2H3;2-4H,1H3;3*1-2H3. The van der Waals surface area contributed by atoms with Crippen molar-refractivity contribution in [2.24, 2.45) is 0 Å². The summed E-state index contributed by atoms with van der Waals surface area (Å²) in [4.78, 5) is 11.6. The van der Waals surface area contributed by atoms with Crippen molar-refractivity contribution in [2.45, 2.75) is 68.5 Å². The zero-order chi connectivity index (χ0) is 27.2. The number of pyridine rings is 3. The second-order valence-electron chi connectivity index (χ2n) is 5.64. The first-order valence-electron chi connectivity index (χ1n) is 11.2. The number of nitrogens with zero attached hydrogens (tertiary/aromatic N) is 3. The van der Waals surface area contributed by atoms with Gasteiger partial charge in [-0.25, -0.2) is 0 Å². The summed E-state index contributed by atoms with van der Waals surface area (Å²) in [5, 5.41) is 0. The third-order valence-electron chi connectivity index (χ3n) is 3.23. The Balaban J connectivity index is -0.000000384. The van der Waals surface area contributed by atoms with Crippen LogP contribution in [0.1, 0.15) is 64.2 Å². The maximum absolute atomic E-state index is 11.9. The van der Waals surface area contributed by atoms with E-state index in [-0.39, 0.29) is 0 Å². The fourth-order valence-corrected chi connectivity index (χ4v) is 1.89. The van der Waals surface area contributed by atoms with Crippen LogP contribution in [0.5, 0.6) is 5.75 Å². The number of hydrogen-bond acceptors (Lipinski definition) is 4. The van der Waals surface area contributed by atoms with Gasteiger partial charge in [0.1, 0.15) is 5.75 Å². The maximum atomic E-state index is 11.9. The van der Waals surface area contributed by atoms with Gasteiger partial charge in [-0.2, -0.15) is 13.2 Å². The molecule has 0 atom stereocenters. The van der Waals surface area contributed by atoms with Crippen molar-refractivity contribution in [3.63, 3.8) is 0 Å². The molecule has 3 rings (SSSR count). The minimum atomic E-state index is -4.28. The third kappa shape index (κ3) is 19.0. The average molecular weight is 547 g/mol. The summed E-state index contributed by atoms with van der Waals surface area (Å²) in [5.41, 5.74) is 1.94. The number of aromatic nitrogens is 3. The molecule has 0 aliphatic carbocycles. The normalized spacial score (nSPS) is 8.88. The van der Waals surface area contributed by atoms with Gasteiger partial charge in [0.25, 0.3) is 0 Å². The molecular weight excluding hydrogens is 507 g/mol. The van der Waals surface area contributed by atoms with E-state index in [4.69, 9.17) is 4.74 Å². The Kier molecular flexibility index (Phi) is 23.7. The van der Waals surface area contributed by atoms with Crippen molar-refractivity contribution in [3.05, 3.63) is 82.1 Å². The van der Waals surface area contributed by atoms with Crippen molar-refractivity contribution >= 4 is 15.9 Å². The van der Waals surface area contributed by atoms with Gasteiger partial charge in [0, 0.05) is 33.9 Å². The van der Waals surface area contributed by atoms with Crippen molar-refractivity contribution < 1.29 is 17.9 Å². The smallest absolute Gasteiger partial charge is 0.417 e. The number of hydrogen-bond donors (Lipinski definition) is 0. The van der Waals surface area contributed by atoms with Gasteiger partial charge >= 0.3 is 6.18 Å². The quantitative estimate of drug-likeness (QED) is 0.306. The van der Waals surface area contributed by atoms with Crippen LogP contribution in [0.15, 0.2) is 59.5 Å². The first-order valence-corrected chi connectivity index (χ1v) is 12.0. The average Bonchev–Trinajstić information content (AvgIpc) is 2.86. The molecule has 0 bridgehead atoms. The van der Waals surface area contributed by atoms with E-state index < -0.39 is 11.7 Å². The lowest BCUT2D eigenvalue weighted by atomic mass is 10.2. The molecule has 0 saturated carbocycles. The predicted octanol–water partition coefficient (Wildman–Crippen LogP) is 9.04. The van der Waals surface area contributed by atoms with Gasteiger partial charge in [0.15, 0.2) is 0 Å². The van der Waals surface area contributed by atoms with Crippen molar-refractivity contribution in [1.29, 1.82) is 0 Å². The minimum Gasteiger partial charge on any atom is -0.495 e. The van der Waals surface area contributed by atoms with E-state index in [1.807, 2.05) is 79.7 Å². The van der Waals surface area contributed by atoms with Crippen LogP contribution in [0.25, 0.3) is 0 Å². The van der Waals surface area contributed by atoms with Crippen molar-refractivity contribution in [3.8, 4) is 5.75 Å². The van der Waals surface area contributed by atoms with E-state index in [1.165, 1.54) is 6.07 Å². The lowest BCUT2D eigenvalue weighted by Gasteiger charge is -2.04. The second kappa shape index (κ2) is 22.3. The highest BCUT2D eigenvalue weighted by Gasteiger charge is 2.30. The predicted molar refractivity (Wildman–Crippen MR) is 140 cm³/mol. The molecule has 34 heavy (non-hydrogen) atoms. The molecule has 4 nitrogen and oxygen atoms in total. The van der Waals surface area contributed by atoms with Crippen molar-refractivity contribution in [1.82, 2.24) is 15.0 Å². The van der Waals surface area contributed by atoms with Crippen LogP contribution in [0.2, 0.25) is 0 Å². The van der Waals surface area contributed by atoms with Crippen LogP contribution in [0, 0.1) is 20.8 Å². The summed E-state index contributed by atoms with van der Waals surface area (Å²) in [7, 11) is 1.63. The van der Waals surface area contributed by atoms with Gasteiger partial charge in [-0.1, -0.05) is 41.5 Å². The second-order valence-corrected chi connectivity index (χ2v) is 6.56. The molecule has 0 radical (unpaired) electrons. The Bertz CT molecular complexity index is 803. The van der Waals surface area contributed by atoms with Gasteiger partial charge in [-0.3, -0.25) is 15.0 Å². The van der Waals surface area contributed by atoms with Gasteiger partial charge in [-0.15, -0.1) is 0 Å². The third-order valence-corrected chi connectivity index (χ3v) is 3.70. The van der Waals surface area contributed by atoms with Gasteiger partial charge in [0.05, 0.1) is 18.9 Å². The minimum absolute atomic E-state index is 0.581. The molecule has 0 amide bonds. The van der Waals surface area contributed by atoms with Crippen LogP contribution in [0.4, 0.5) is 13.2 Å². The Labute approximate surface area is 212 Å². The van der Waals surface area contributed by atoms with E-state index in [0.717, 1.165) is 33.9 Å². The van der Waals surface area contributed by atoms with E-state index in [9.17, 15) is 13.2 Å². The molecule has 0 aliphatic heterocycles. The fourth-order valence-electron chi connectivity index (χ4n) is 1.66. The fraction of sp³-hybridized carbons (Fsp3) is 0.423. The van der Waals surface area contributed by atoms with Crippen LogP contribution < -0.4 is 4.74 Å². The summed E-state index contributed by atoms with van der Waals surface area (Å²) in [6, 6.07) is 10.1. The first kappa shape index (κ1) is 36.1. The molecule has 0 N–H and O–H groups in total. The zero-order valence-electron chi connectivity index (χ0n) is 22.0. The molecule has 0 fully saturated rings. The molecule has 3 aromatic heterocycles. The maximum Gasteiger partial charge on any atom is 0.417 e. The number of halogens is 4. The molecular formula is C26H39BrF3N3O. The molecule has 192 valence electrons. The highest BCUT2D eigenvalue weighted by Crippen LogP contribution is 2.28. The zero-order valence-corrected chi connectivity index (χ0v) is 23.5. The van der Waals surface area contributed by atoms with Crippen LogP contribution >= 0.6 is 15.9 Å². The highest BCUT2D eigenvalue weighted by molar-refractivity contribution is 9.10. The SMILES string of the molecule is CC.CC.CC.COc1ccc(C)nc1.Cc1ccc(Br)cn1.Cc1ccc(C(F)(F)F)cn1. The Morgan fingerprint density at radius 1 is 0.647 bits per heavy atom. The summed E-state index contributed by atoms with van der Waals surface area (Å²) < 4.78 is 41.6. The van der Waals surface area contributed by atoms with Gasteiger partial charge < -0.3 is 4.74 Å².